The van der Waals surface area contributed by atoms with Crippen LogP contribution >= 0.6 is 15.9 Å². The molecular formula is C35H34BrN4O5+. The summed E-state index contributed by atoms with van der Waals surface area (Å²) in [7, 11) is 0. The molecule has 0 bridgehead atoms. The predicted molar refractivity (Wildman–Crippen MR) is 179 cm³/mol. The lowest BCUT2D eigenvalue weighted by Crippen LogP contribution is -2.38. The number of hydrogen-bond donors (Lipinski definition) is 2. The molecule has 4 aromatic carbocycles. The zero-order valence-corrected chi connectivity index (χ0v) is 26.5. The number of hydrogen-bond acceptors (Lipinski definition) is 5. The number of carbonyl (C=O) groups is 3. The Labute approximate surface area is 269 Å². The molecule has 0 saturated heterocycles. The first-order valence-electron chi connectivity index (χ1n) is 14.7. The summed E-state index contributed by atoms with van der Waals surface area (Å²) in [5.41, 5.74) is 1.73. The summed E-state index contributed by atoms with van der Waals surface area (Å²) in [6.45, 7) is 2.92. The topological polar surface area (TPSA) is 101 Å². The van der Waals surface area contributed by atoms with Gasteiger partial charge in [-0.3, -0.25) is 15.0 Å². The number of carbonyl (C=O) groups excluding carboxylic acids is 3. The van der Waals surface area contributed by atoms with Crippen LogP contribution in [0.2, 0.25) is 0 Å². The fourth-order valence-corrected chi connectivity index (χ4v) is 5.48. The number of fused-ring (bicyclic) bond motifs is 2. The second-order valence-corrected chi connectivity index (χ2v) is 11.2. The van der Waals surface area contributed by atoms with Crippen LogP contribution in [0.1, 0.15) is 23.7 Å². The second-order valence-electron chi connectivity index (χ2n) is 10.3. The number of amides is 3. The largest absolute Gasteiger partial charge is 0.447 e. The van der Waals surface area contributed by atoms with Crippen LogP contribution in [0.4, 0.5) is 21.0 Å². The van der Waals surface area contributed by atoms with Crippen LogP contribution < -0.4 is 20.1 Å². The van der Waals surface area contributed by atoms with Gasteiger partial charge in [0.05, 0.1) is 23.2 Å². The average Bonchev–Trinajstić information content (AvgIpc) is 3.05. The smallest absolute Gasteiger partial charge is 0.414 e. The van der Waals surface area contributed by atoms with E-state index in [2.05, 4.69) is 33.5 Å². The number of pyridine rings is 1. The number of nitrogens with one attached hydrogen (secondary N) is 2. The van der Waals surface area contributed by atoms with Crippen molar-refractivity contribution in [2.24, 2.45) is 0 Å². The molecule has 2 N–H and O–H groups in total. The molecule has 45 heavy (non-hydrogen) atoms. The van der Waals surface area contributed by atoms with Gasteiger partial charge in [0, 0.05) is 17.5 Å². The van der Waals surface area contributed by atoms with Crippen molar-refractivity contribution in [2.75, 3.05) is 36.5 Å². The van der Waals surface area contributed by atoms with Crippen molar-refractivity contribution in [1.29, 1.82) is 0 Å². The Bertz CT molecular complexity index is 1820. The van der Waals surface area contributed by atoms with E-state index in [9.17, 15) is 14.4 Å². The Morgan fingerprint density at radius 2 is 1.58 bits per heavy atom. The highest BCUT2D eigenvalue weighted by Gasteiger charge is 2.19. The quantitative estimate of drug-likeness (QED) is 0.116. The maximum Gasteiger partial charge on any atom is 0.414 e. The zero-order chi connectivity index (χ0) is 31.6. The average molecular weight is 671 g/mol. The van der Waals surface area contributed by atoms with Crippen molar-refractivity contribution in [1.82, 2.24) is 5.32 Å². The summed E-state index contributed by atoms with van der Waals surface area (Å²) in [5, 5.41) is 9.45. The fraction of sp³-hybridized carbons (Fsp3) is 0.200. The molecule has 10 heteroatoms. The Balaban J connectivity index is 1.20. The fourth-order valence-electron chi connectivity index (χ4n) is 4.97. The minimum absolute atomic E-state index is 0.0416. The third-order valence-electron chi connectivity index (χ3n) is 7.08. The summed E-state index contributed by atoms with van der Waals surface area (Å²) in [6, 6.07) is 28.5. The van der Waals surface area contributed by atoms with E-state index in [0.29, 0.717) is 16.9 Å². The maximum absolute atomic E-state index is 13.3. The minimum Gasteiger partial charge on any atom is -0.447 e. The second kappa shape index (κ2) is 15.2. The number of anilines is 2. The van der Waals surface area contributed by atoms with Crippen LogP contribution in [0.15, 0.2) is 108 Å². The third-order valence-corrected chi connectivity index (χ3v) is 7.52. The number of halogens is 1. The standard InChI is InChI=1S/C35H33BrN4O5/c1-2-17-39-23-28(21-29(36)24-39)33(41)37-16-19-45-35(43)40(30-15-14-25-8-3-4-10-27(25)22-30)18-20-44-34(42)38-32-13-7-11-26-9-5-6-12-31(26)32/h3-15,21-24H,2,16-20H2,1H3,(H-,37,38,41,42)/p+1. The van der Waals surface area contributed by atoms with Crippen molar-refractivity contribution in [3.63, 3.8) is 0 Å². The molecule has 0 unspecified atom stereocenters. The van der Waals surface area contributed by atoms with E-state index in [1.165, 1.54) is 4.90 Å². The summed E-state index contributed by atoms with van der Waals surface area (Å²) in [5.74, 6) is -0.269. The molecular weight excluding hydrogens is 636 g/mol. The van der Waals surface area contributed by atoms with Crippen LogP contribution in [-0.4, -0.2) is 44.4 Å². The van der Waals surface area contributed by atoms with Gasteiger partial charge in [0.2, 0.25) is 0 Å². The molecule has 230 valence electrons. The van der Waals surface area contributed by atoms with Crippen molar-refractivity contribution >= 4 is 66.9 Å². The van der Waals surface area contributed by atoms with Crippen molar-refractivity contribution in [3.8, 4) is 0 Å². The van der Waals surface area contributed by atoms with Gasteiger partial charge in [-0.15, -0.1) is 0 Å². The van der Waals surface area contributed by atoms with E-state index in [4.69, 9.17) is 9.47 Å². The number of ether oxygens (including phenoxy) is 2. The number of rotatable bonds is 11. The highest BCUT2D eigenvalue weighted by molar-refractivity contribution is 9.10. The molecule has 0 aliphatic rings. The molecule has 1 aromatic heterocycles. The monoisotopic (exact) mass is 669 g/mol. The Morgan fingerprint density at radius 3 is 2.40 bits per heavy atom. The molecule has 5 aromatic rings. The Hall–Kier alpha value is -4.96. The summed E-state index contributed by atoms with van der Waals surface area (Å²) >= 11 is 3.45. The van der Waals surface area contributed by atoms with E-state index in [-0.39, 0.29) is 32.2 Å². The summed E-state index contributed by atoms with van der Waals surface area (Å²) < 4.78 is 13.8. The predicted octanol–water partition coefficient (Wildman–Crippen LogP) is 7.07. The Kier molecular flexibility index (Phi) is 10.6. The van der Waals surface area contributed by atoms with Gasteiger partial charge in [0.15, 0.2) is 12.4 Å². The molecule has 9 nitrogen and oxygen atoms in total. The highest BCUT2D eigenvalue weighted by atomic mass is 79.9. The summed E-state index contributed by atoms with van der Waals surface area (Å²) in [4.78, 5) is 40.1. The number of benzene rings is 4. The van der Waals surface area contributed by atoms with E-state index < -0.39 is 12.2 Å². The molecule has 5 rings (SSSR count). The third kappa shape index (κ3) is 8.36. The number of aryl methyl sites for hydroxylation is 1. The van der Waals surface area contributed by atoms with Crippen molar-refractivity contribution in [3.05, 3.63) is 113 Å². The van der Waals surface area contributed by atoms with Gasteiger partial charge < -0.3 is 14.8 Å². The molecule has 0 radical (unpaired) electrons. The van der Waals surface area contributed by atoms with E-state index in [0.717, 1.165) is 39.0 Å². The van der Waals surface area contributed by atoms with Gasteiger partial charge in [-0.2, -0.15) is 0 Å². The molecule has 0 aliphatic carbocycles. The van der Waals surface area contributed by atoms with Crippen LogP contribution in [0.25, 0.3) is 21.5 Å². The lowest BCUT2D eigenvalue weighted by Gasteiger charge is -2.23. The van der Waals surface area contributed by atoms with E-state index in [1.807, 2.05) is 89.6 Å². The highest BCUT2D eigenvalue weighted by Crippen LogP contribution is 2.24. The minimum atomic E-state index is -0.631. The molecule has 0 saturated carbocycles. The number of aromatic nitrogens is 1. The molecule has 0 spiro atoms. The van der Waals surface area contributed by atoms with Gasteiger partial charge in [0.1, 0.15) is 25.3 Å². The first-order chi connectivity index (χ1) is 21.9. The maximum atomic E-state index is 13.3. The van der Waals surface area contributed by atoms with Gasteiger partial charge in [-0.05, 0) is 56.4 Å². The SMILES string of the molecule is CCC[n+]1cc(Br)cc(C(=O)NCCOC(=O)N(CCOC(=O)Nc2cccc3ccccc23)c2ccc3ccccc3c2)c1. The normalized spacial score (nSPS) is 10.8. The first-order valence-corrected chi connectivity index (χ1v) is 15.5. The van der Waals surface area contributed by atoms with Gasteiger partial charge >= 0.3 is 12.2 Å². The molecule has 1 heterocycles. The van der Waals surface area contributed by atoms with Crippen molar-refractivity contribution in [2.45, 2.75) is 19.9 Å². The van der Waals surface area contributed by atoms with Crippen LogP contribution in [0.3, 0.4) is 0 Å². The van der Waals surface area contributed by atoms with Gasteiger partial charge in [0.25, 0.3) is 5.91 Å². The van der Waals surface area contributed by atoms with Crippen LogP contribution in [0, 0.1) is 0 Å². The van der Waals surface area contributed by atoms with Crippen LogP contribution in [-0.2, 0) is 16.0 Å². The molecule has 0 atom stereocenters. The lowest BCUT2D eigenvalue weighted by molar-refractivity contribution is -0.697. The van der Waals surface area contributed by atoms with Gasteiger partial charge in [-0.1, -0.05) is 73.7 Å². The molecule has 0 fully saturated rings. The Morgan fingerprint density at radius 1 is 0.822 bits per heavy atom. The lowest BCUT2D eigenvalue weighted by atomic mass is 10.1. The zero-order valence-electron chi connectivity index (χ0n) is 24.9. The molecule has 0 aliphatic heterocycles. The van der Waals surface area contributed by atoms with Crippen LogP contribution in [0.5, 0.6) is 0 Å². The van der Waals surface area contributed by atoms with E-state index in [1.54, 1.807) is 18.3 Å². The number of nitrogens with zero attached hydrogens (tertiary/aromatic N) is 2. The molecule has 3 amide bonds. The van der Waals surface area contributed by atoms with Crippen molar-refractivity contribution < 1.29 is 28.4 Å². The summed E-state index contributed by atoms with van der Waals surface area (Å²) in [6.07, 6.45) is 3.38. The van der Waals surface area contributed by atoms with E-state index >= 15 is 0 Å². The first kappa shape index (κ1) is 31.5. The van der Waals surface area contributed by atoms with Gasteiger partial charge in [-0.25, -0.2) is 14.2 Å².